The van der Waals surface area contributed by atoms with Gasteiger partial charge in [-0.1, -0.05) is 243 Å². The summed E-state index contributed by atoms with van der Waals surface area (Å²) in [4.78, 5) is 6.21. The lowest BCUT2D eigenvalue weighted by Gasteiger charge is -2.17. The maximum absolute atomic E-state index is 6.21. The van der Waals surface area contributed by atoms with E-state index in [0.29, 0.717) is 0 Å². The van der Waals surface area contributed by atoms with Crippen molar-refractivity contribution in [1.82, 2.24) is 23.3 Å². The van der Waals surface area contributed by atoms with Gasteiger partial charge < -0.3 is 9.13 Å². The molecule has 0 saturated heterocycles. The first-order valence-electron chi connectivity index (χ1n) is 29.0. The van der Waals surface area contributed by atoms with E-state index in [1.807, 2.05) is 0 Å². The van der Waals surface area contributed by atoms with E-state index in [1.54, 1.807) is 0 Å². The lowest BCUT2D eigenvalue weighted by atomic mass is 9.96. The van der Waals surface area contributed by atoms with Crippen LogP contribution in [0.15, 0.2) is 285 Å². The molecule has 19 rings (SSSR count). The van der Waals surface area contributed by atoms with Crippen LogP contribution in [0.25, 0.3) is 175 Å². The second-order valence-corrected chi connectivity index (χ2v) is 22.5. The number of fused-ring (bicyclic) bond motifs is 25. The van der Waals surface area contributed by atoms with E-state index in [2.05, 4.69) is 303 Å². The molecule has 14 aromatic carbocycles. The number of pyridine rings is 1. The normalized spacial score (nSPS) is 12.3. The van der Waals surface area contributed by atoms with Crippen LogP contribution in [0, 0.1) is 0 Å². The van der Waals surface area contributed by atoms with Gasteiger partial charge in [0.25, 0.3) is 0 Å². The molecule has 0 fully saturated rings. The molecule has 0 amide bonds. The van der Waals surface area contributed by atoms with E-state index in [-0.39, 0.29) is 0 Å². The zero-order valence-corrected chi connectivity index (χ0v) is 45.4. The lowest BCUT2D eigenvalue weighted by Crippen LogP contribution is -2.06. The summed E-state index contributed by atoms with van der Waals surface area (Å²) >= 11 is 0. The standard InChI is InChI=1S/C79H47N5/c1-4-20-48(21-5-1)52-46-69(83-68-45-44-64-62-39-36-49-22-10-13-29-55(49)73(62)81(53-25-6-2-7-26-53)77(64)72(68)67-41-38-51-24-12-15-31-57(51)75(67)83)80-70(47-52)84-76-61-35-19-17-33-59(61)58-32-16-18-34-60(58)71(76)66-43-42-65-63-40-37-50-23-11-14-30-56(50)74(63)82(78(65)79(66)84)54-27-8-3-9-28-54/h1-47H. The Morgan fingerprint density at radius 3 is 1.15 bits per heavy atom. The summed E-state index contributed by atoms with van der Waals surface area (Å²) < 4.78 is 10.1. The smallest absolute Gasteiger partial charge is 0.140 e. The number of hydrogen-bond donors (Lipinski definition) is 0. The third-order valence-corrected chi connectivity index (χ3v) is 18.2. The minimum absolute atomic E-state index is 0.829. The van der Waals surface area contributed by atoms with E-state index in [0.717, 1.165) is 67.1 Å². The highest BCUT2D eigenvalue weighted by atomic mass is 15.2. The molecule has 388 valence electrons. The minimum atomic E-state index is 0.829. The number of para-hydroxylation sites is 2. The summed E-state index contributed by atoms with van der Waals surface area (Å²) in [7, 11) is 0. The summed E-state index contributed by atoms with van der Waals surface area (Å²) in [5, 5.41) is 21.5. The molecule has 0 radical (unpaired) electrons. The molecule has 0 saturated carbocycles. The van der Waals surface area contributed by atoms with Crippen LogP contribution in [0.1, 0.15) is 0 Å². The first-order chi connectivity index (χ1) is 41.7. The van der Waals surface area contributed by atoms with Crippen LogP contribution >= 0.6 is 0 Å². The monoisotopic (exact) mass is 1070 g/mol. The maximum Gasteiger partial charge on any atom is 0.140 e. The van der Waals surface area contributed by atoms with Gasteiger partial charge in [0, 0.05) is 76.0 Å². The fourth-order valence-corrected chi connectivity index (χ4v) is 14.8. The Labute approximate surface area is 480 Å². The van der Waals surface area contributed by atoms with E-state index >= 15 is 0 Å². The number of nitrogens with zero attached hydrogens (tertiary/aromatic N) is 5. The molecule has 0 aliphatic heterocycles. The molecule has 5 heteroatoms. The third kappa shape index (κ3) is 6.14. The van der Waals surface area contributed by atoms with Crippen LogP contribution < -0.4 is 0 Å². The highest BCUT2D eigenvalue weighted by Gasteiger charge is 2.28. The molecule has 19 aromatic rings. The second kappa shape index (κ2) is 17.1. The third-order valence-electron chi connectivity index (χ3n) is 18.2. The van der Waals surface area contributed by atoms with Crippen molar-refractivity contribution in [2.45, 2.75) is 0 Å². The van der Waals surface area contributed by atoms with Gasteiger partial charge in [0.05, 0.1) is 44.1 Å². The lowest BCUT2D eigenvalue weighted by molar-refractivity contribution is 1.02. The topological polar surface area (TPSA) is 32.6 Å². The minimum Gasteiger partial charge on any atom is -0.308 e. The summed E-state index contributed by atoms with van der Waals surface area (Å²) in [6.07, 6.45) is 0. The molecular weight excluding hydrogens is 1020 g/mol. The fraction of sp³-hybridized carbons (Fsp3) is 0. The zero-order valence-electron chi connectivity index (χ0n) is 45.4. The SMILES string of the molecule is c1ccc(-c2cc(-n3c4ccc5c6ccc7ccccc7c6n(-c6ccccc6)c5c4c4ccc5ccccc5c43)nc(-n3c4c5ccccc5c5ccccc5c4c4ccc5c6ccc7ccccc7c6n(-c6ccccc6)c5c43)c2)cc1. The molecule has 5 aromatic heterocycles. The second-order valence-electron chi connectivity index (χ2n) is 22.5. The van der Waals surface area contributed by atoms with Crippen LogP contribution in [-0.4, -0.2) is 23.3 Å². The van der Waals surface area contributed by atoms with Crippen molar-refractivity contribution in [1.29, 1.82) is 0 Å². The number of hydrogen-bond acceptors (Lipinski definition) is 1. The molecule has 0 unspecified atom stereocenters. The first-order valence-corrected chi connectivity index (χ1v) is 29.0. The summed E-state index contributed by atoms with van der Waals surface area (Å²) in [6, 6.07) is 105. The van der Waals surface area contributed by atoms with Gasteiger partial charge in [-0.05, 0) is 85.9 Å². The van der Waals surface area contributed by atoms with Gasteiger partial charge in [-0.2, -0.15) is 0 Å². The van der Waals surface area contributed by atoms with E-state index in [4.69, 9.17) is 4.98 Å². The van der Waals surface area contributed by atoms with E-state index < -0.39 is 0 Å². The van der Waals surface area contributed by atoms with Crippen LogP contribution in [-0.2, 0) is 0 Å². The van der Waals surface area contributed by atoms with Crippen LogP contribution in [0.5, 0.6) is 0 Å². The van der Waals surface area contributed by atoms with Crippen molar-refractivity contribution in [2.75, 3.05) is 0 Å². The van der Waals surface area contributed by atoms with Gasteiger partial charge in [0.15, 0.2) is 0 Å². The van der Waals surface area contributed by atoms with Crippen LogP contribution in [0.4, 0.5) is 0 Å². The predicted octanol–water partition coefficient (Wildman–Crippen LogP) is 20.9. The van der Waals surface area contributed by atoms with Crippen molar-refractivity contribution in [3.05, 3.63) is 285 Å². The fourth-order valence-electron chi connectivity index (χ4n) is 14.8. The Morgan fingerprint density at radius 2 is 0.560 bits per heavy atom. The first kappa shape index (κ1) is 45.5. The van der Waals surface area contributed by atoms with Crippen LogP contribution in [0.2, 0.25) is 0 Å². The molecule has 5 heterocycles. The maximum atomic E-state index is 6.21. The molecule has 0 bridgehead atoms. The molecule has 0 aliphatic rings. The quantitative estimate of drug-likeness (QED) is 0.158. The van der Waals surface area contributed by atoms with Crippen molar-refractivity contribution < 1.29 is 0 Å². The zero-order chi connectivity index (χ0) is 54.7. The molecular formula is C79H47N5. The summed E-state index contributed by atoms with van der Waals surface area (Å²) in [6.45, 7) is 0. The number of benzene rings is 14. The average molecular weight is 1070 g/mol. The van der Waals surface area contributed by atoms with Crippen molar-refractivity contribution in [2.24, 2.45) is 0 Å². The summed E-state index contributed by atoms with van der Waals surface area (Å²) in [5.74, 6) is 1.66. The average Bonchev–Trinajstić information content (AvgIpc) is 1.65. The van der Waals surface area contributed by atoms with Gasteiger partial charge in [0.2, 0.25) is 0 Å². The van der Waals surface area contributed by atoms with Gasteiger partial charge in [-0.15, -0.1) is 0 Å². The van der Waals surface area contributed by atoms with Gasteiger partial charge in [-0.3, -0.25) is 9.13 Å². The highest BCUT2D eigenvalue weighted by molar-refractivity contribution is 6.36. The van der Waals surface area contributed by atoms with E-state index in [1.165, 1.54) is 108 Å². The van der Waals surface area contributed by atoms with E-state index in [9.17, 15) is 0 Å². The number of rotatable bonds is 5. The Hall–Kier alpha value is -11.3. The van der Waals surface area contributed by atoms with Gasteiger partial charge in [0.1, 0.15) is 11.6 Å². The van der Waals surface area contributed by atoms with Crippen molar-refractivity contribution in [3.63, 3.8) is 0 Å². The largest absolute Gasteiger partial charge is 0.308 e. The number of aromatic nitrogens is 5. The predicted molar refractivity (Wildman–Crippen MR) is 355 cm³/mol. The van der Waals surface area contributed by atoms with Crippen LogP contribution in [0.3, 0.4) is 0 Å². The Bertz CT molecular complexity index is 6020. The molecule has 0 spiro atoms. The molecule has 0 N–H and O–H groups in total. The summed E-state index contributed by atoms with van der Waals surface area (Å²) in [5.41, 5.74) is 13.5. The Kier molecular flexibility index (Phi) is 9.27. The van der Waals surface area contributed by atoms with Gasteiger partial charge >= 0.3 is 0 Å². The van der Waals surface area contributed by atoms with Gasteiger partial charge in [-0.25, -0.2) is 4.98 Å². The highest BCUT2D eigenvalue weighted by Crippen LogP contribution is 2.50. The molecule has 5 nitrogen and oxygen atoms in total. The van der Waals surface area contributed by atoms with Crippen molar-refractivity contribution >= 4 is 141 Å². The molecule has 0 atom stereocenters. The Balaban J connectivity index is 1.04. The molecule has 84 heavy (non-hydrogen) atoms. The Morgan fingerprint density at radius 1 is 0.202 bits per heavy atom. The molecule has 0 aliphatic carbocycles. The van der Waals surface area contributed by atoms with Crippen molar-refractivity contribution in [3.8, 4) is 34.1 Å².